The molecule has 1 aromatic heterocycles. The SMILES string of the molecule is CCOC(=O)CC(NN(c1ccccc1)n1ncnn1)C(C)=O. The lowest BCUT2D eigenvalue weighted by Crippen LogP contribution is -2.52. The number of aromatic nitrogens is 4. The van der Waals surface area contributed by atoms with Crippen LogP contribution in [0.15, 0.2) is 36.7 Å². The zero-order chi connectivity index (χ0) is 16.7. The molecule has 1 atom stereocenters. The van der Waals surface area contributed by atoms with Crippen molar-refractivity contribution in [2.24, 2.45) is 0 Å². The van der Waals surface area contributed by atoms with E-state index in [1.54, 1.807) is 19.1 Å². The Kier molecular flexibility index (Phi) is 5.75. The number of carbonyl (C=O) groups excluding carboxylic acids is 2. The molecule has 1 N–H and O–H groups in total. The van der Waals surface area contributed by atoms with Gasteiger partial charge in [-0.25, -0.2) is 5.43 Å². The fraction of sp³-hybridized carbons (Fsp3) is 0.357. The minimum absolute atomic E-state index is 0.0960. The largest absolute Gasteiger partial charge is 0.466 e. The molecule has 1 unspecified atom stereocenters. The molecule has 0 bridgehead atoms. The third-order valence-electron chi connectivity index (χ3n) is 2.96. The van der Waals surface area contributed by atoms with Gasteiger partial charge in [0.2, 0.25) is 0 Å². The predicted molar refractivity (Wildman–Crippen MR) is 81.0 cm³/mol. The molecule has 0 aliphatic rings. The van der Waals surface area contributed by atoms with Gasteiger partial charge in [-0.05, 0) is 36.1 Å². The number of anilines is 1. The van der Waals surface area contributed by atoms with Gasteiger partial charge in [0.25, 0.3) is 0 Å². The highest BCUT2D eigenvalue weighted by molar-refractivity contribution is 5.86. The fourth-order valence-corrected chi connectivity index (χ4v) is 1.87. The number of nitrogens with zero attached hydrogens (tertiary/aromatic N) is 5. The zero-order valence-electron chi connectivity index (χ0n) is 12.9. The summed E-state index contributed by atoms with van der Waals surface area (Å²) in [6, 6.07) is 8.34. The third kappa shape index (κ3) is 4.58. The molecule has 0 aliphatic carbocycles. The number of Topliss-reactive ketones (excluding diaryl/α,β-unsaturated/α-hetero) is 1. The lowest BCUT2D eigenvalue weighted by atomic mass is 10.1. The van der Waals surface area contributed by atoms with Gasteiger partial charge >= 0.3 is 5.97 Å². The molecule has 0 spiro atoms. The van der Waals surface area contributed by atoms with Gasteiger partial charge in [0.05, 0.1) is 24.8 Å². The Morgan fingerprint density at radius 2 is 2.09 bits per heavy atom. The zero-order valence-corrected chi connectivity index (χ0v) is 12.9. The van der Waals surface area contributed by atoms with Crippen LogP contribution in [0.4, 0.5) is 5.69 Å². The molecule has 2 rings (SSSR count). The van der Waals surface area contributed by atoms with E-state index in [9.17, 15) is 9.59 Å². The van der Waals surface area contributed by atoms with E-state index < -0.39 is 12.0 Å². The summed E-state index contributed by atoms with van der Waals surface area (Å²) in [6.07, 6.45) is 1.17. The molecule has 0 aliphatic heterocycles. The van der Waals surface area contributed by atoms with E-state index in [1.807, 2.05) is 18.2 Å². The van der Waals surface area contributed by atoms with Crippen LogP contribution in [0.3, 0.4) is 0 Å². The van der Waals surface area contributed by atoms with Crippen molar-refractivity contribution >= 4 is 17.4 Å². The van der Waals surface area contributed by atoms with Crippen LogP contribution in [0.25, 0.3) is 0 Å². The molecule has 0 amide bonds. The molecule has 1 aromatic carbocycles. The van der Waals surface area contributed by atoms with Crippen LogP contribution in [0.1, 0.15) is 20.3 Å². The van der Waals surface area contributed by atoms with Crippen molar-refractivity contribution in [1.82, 2.24) is 25.7 Å². The van der Waals surface area contributed by atoms with Gasteiger partial charge in [-0.1, -0.05) is 18.2 Å². The first kappa shape index (κ1) is 16.6. The van der Waals surface area contributed by atoms with Gasteiger partial charge < -0.3 is 4.74 Å². The Bertz CT molecular complexity index is 631. The third-order valence-corrected chi connectivity index (χ3v) is 2.96. The van der Waals surface area contributed by atoms with Gasteiger partial charge in [-0.3, -0.25) is 9.59 Å². The molecular formula is C14H18N6O3. The van der Waals surface area contributed by atoms with Crippen LogP contribution >= 0.6 is 0 Å². The molecule has 9 nitrogen and oxygen atoms in total. The van der Waals surface area contributed by atoms with Crippen molar-refractivity contribution in [2.45, 2.75) is 26.3 Å². The number of rotatable bonds is 8. The standard InChI is InChI=1S/C14H18N6O3/c1-3-23-14(22)9-13(11(2)21)17-19(20-16-10-15-18-20)12-7-5-4-6-8-12/h4-8,10,13,17H,3,9H2,1-2H3. The summed E-state index contributed by atoms with van der Waals surface area (Å²) in [7, 11) is 0. The lowest BCUT2D eigenvalue weighted by molar-refractivity contribution is -0.145. The van der Waals surface area contributed by atoms with Gasteiger partial charge in [0.15, 0.2) is 6.33 Å². The van der Waals surface area contributed by atoms with E-state index in [0.717, 1.165) is 0 Å². The van der Waals surface area contributed by atoms with Crippen molar-refractivity contribution in [3.05, 3.63) is 36.7 Å². The molecule has 23 heavy (non-hydrogen) atoms. The average Bonchev–Trinajstić information content (AvgIpc) is 3.06. The second kappa shape index (κ2) is 7.99. The Balaban J connectivity index is 2.21. The highest BCUT2D eigenvalue weighted by Crippen LogP contribution is 2.12. The average molecular weight is 318 g/mol. The van der Waals surface area contributed by atoms with E-state index in [-0.39, 0.29) is 18.8 Å². The number of ketones is 1. The van der Waals surface area contributed by atoms with Gasteiger partial charge in [0, 0.05) is 0 Å². The number of esters is 1. The highest BCUT2D eigenvalue weighted by atomic mass is 16.5. The van der Waals surface area contributed by atoms with Gasteiger partial charge in [-0.2, -0.15) is 5.12 Å². The Morgan fingerprint density at radius 1 is 1.35 bits per heavy atom. The summed E-state index contributed by atoms with van der Waals surface area (Å²) in [4.78, 5) is 24.7. The first-order valence-corrected chi connectivity index (χ1v) is 7.12. The van der Waals surface area contributed by atoms with Crippen LogP contribution < -0.4 is 10.5 Å². The quantitative estimate of drug-likeness (QED) is 0.550. The summed E-state index contributed by atoms with van der Waals surface area (Å²) in [5.41, 5.74) is 3.62. The predicted octanol–water partition coefficient (Wildman–Crippen LogP) is 0.358. The van der Waals surface area contributed by atoms with E-state index >= 15 is 0 Å². The Labute approximate surface area is 133 Å². The van der Waals surface area contributed by atoms with Crippen molar-refractivity contribution < 1.29 is 14.3 Å². The topological polar surface area (TPSA) is 102 Å². The second-order valence-electron chi connectivity index (χ2n) is 4.65. The molecule has 1 heterocycles. The summed E-state index contributed by atoms with van der Waals surface area (Å²) < 4.78 is 4.90. The molecule has 2 aromatic rings. The van der Waals surface area contributed by atoms with Crippen LogP contribution in [0.5, 0.6) is 0 Å². The first-order valence-electron chi connectivity index (χ1n) is 7.12. The molecule has 0 fully saturated rings. The number of hydrazine groups is 1. The minimum atomic E-state index is -0.778. The smallest absolute Gasteiger partial charge is 0.307 e. The molecular weight excluding hydrogens is 300 g/mol. The molecule has 0 saturated heterocycles. The van der Waals surface area contributed by atoms with Crippen molar-refractivity contribution in [3.8, 4) is 0 Å². The number of carbonyl (C=O) groups is 2. The summed E-state index contributed by atoms with van der Waals surface area (Å²) >= 11 is 0. The number of tetrazole rings is 1. The maximum atomic E-state index is 11.9. The number of ether oxygens (including phenoxy) is 1. The Hall–Kier alpha value is -2.81. The molecule has 122 valence electrons. The van der Waals surface area contributed by atoms with E-state index in [2.05, 4.69) is 20.8 Å². The Morgan fingerprint density at radius 3 is 2.65 bits per heavy atom. The monoisotopic (exact) mass is 318 g/mol. The van der Waals surface area contributed by atoms with Crippen LogP contribution in [-0.2, 0) is 14.3 Å². The number of para-hydroxylation sites is 1. The fourth-order valence-electron chi connectivity index (χ4n) is 1.87. The number of hydrogen-bond acceptors (Lipinski definition) is 8. The molecule has 9 heteroatoms. The lowest BCUT2D eigenvalue weighted by Gasteiger charge is -2.26. The second-order valence-corrected chi connectivity index (χ2v) is 4.65. The highest BCUT2D eigenvalue weighted by Gasteiger charge is 2.23. The van der Waals surface area contributed by atoms with Crippen LogP contribution in [0, 0.1) is 0 Å². The van der Waals surface area contributed by atoms with Gasteiger partial charge in [-0.15, -0.1) is 10.2 Å². The summed E-state index contributed by atoms with van der Waals surface area (Å²) in [5, 5.41) is 12.9. The summed E-state index contributed by atoms with van der Waals surface area (Å²) in [5.74, 6) is -0.668. The van der Waals surface area contributed by atoms with Crippen molar-refractivity contribution in [3.63, 3.8) is 0 Å². The number of hydrogen-bond donors (Lipinski definition) is 1. The summed E-state index contributed by atoms with van der Waals surface area (Å²) in [6.45, 7) is 3.37. The normalized spacial score (nSPS) is 11.7. The van der Waals surface area contributed by atoms with E-state index in [4.69, 9.17) is 4.74 Å². The van der Waals surface area contributed by atoms with E-state index in [1.165, 1.54) is 23.3 Å². The van der Waals surface area contributed by atoms with Crippen LogP contribution in [0.2, 0.25) is 0 Å². The molecule has 0 radical (unpaired) electrons. The van der Waals surface area contributed by atoms with Crippen molar-refractivity contribution in [1.29, 1.82) is 0 Å². The first-order chi connectivity index (χ1) is 11.1. The minimum Gasteiger partial charge on any atom is -0.466 e. The van der Waals surface area contributed by atoms with Crippen LogP contribution in [-0.4, -0.2) is 44.7 Å². The molecule has 0 saturated carbocycles. The van der Waals surface area contributed by atoms with Gasteiger partial charge in [0.1, 0.15) is 5.78 Å². The maximum Gasteiger partial charge on any atom is 0.307 e. The number of benzene rings is 1. The number of nitrogens with one attached hydrogen (secondary N) is 1. The van der Waals surface area contributed by atoms with Crippen molar-refractivity contribution in [2.75, 3.05) is 11.7 Å². The maximum absolute atomic E-state index is 11.9. The van der Waals surface area contributed by atoms with E-state index in [0.29, 0.717) is 5.69 Å².